The van der Waals surface area contributed by atoms with E-state index < -0.39 is 0 Å². The highest BCUT2D eigenvalue weighted by atomic mass is 16.5. The van der Waals surface area contributed by atoms with Crippen molar-refractivity contribution in [2.45, 2.75) is 97.2 Å². The van der Waals surface area contributed by atoms with E-state index >= 15 is 0 Å². The third kappa shape index (κ3) is 8.10. The van der Waals surface area contributed by atoms with Gasteiger partial charge in [-0.15, -0.1) is 0 Å². The van der Waals surface area contributed by atoms with Crippen LogP contribution in [0.2, 0.25) is 0 Å². The van der Waals surface area contributed by atoms with Crippen LogP contribution in [0.25, 0.3) is 0 Å². The lowest BCUT2D eigenvalue weighted by atomic mass is 9.85. The maximum absolute atomic E-state index is 11.9. The molecular weight excluding hydrogens is 362 g/mol. The van der Waals surface area contributed by atoms with E-state index in [0.29, 0.717) is 30.5 Å². The van der Waals surface area contributed by atoms with E-state index in [1.165, 1.54) is 5.56 Å². The van der Waals surface area contributed by atoms with Gasteiger partial charge in [0.2, 0.25) is 0 Å². The molecule has 1 aromatic rings. The predicted octanol–water partition coefficient (Wildman–Crippen LogP) is 5.29. The third-order valence-corrected chi connectivity index (χ3v) is 6.08. The van der Waals surface area contributed by atoms with Gasteiger partial charge in [-0.2, -0.15) is 0 Å². The van der Waals surface area contributed by atoms with Gasteiger partial charge >= 0.3 is 5.97 Å². The molecule has 0 aromatic heterocycles. The van der Waals surface area contributed by atoms with Crippen molar-refractivity contribution < 1.29 is 14.6 Å². The Labute approximate surface area is 177 Å². The van der Waals surface area contributed by atoms with Gasteiger partial charge in [-0.1, -0.05) is 52.0 Å². The fourth-order valence-electron chi connectivity index (χ4n) is 4.19. The van der Waals surface area contributed by atoms with Crippen molar-refractivity contribution >= 4 is 5.97 Å². The van der Waals surface area contributed by atoms with Crippen LogP contribution in [0.1, 0.15) is 89.8 Å². The minimum atomic E-state index is -0.151. The number of esters is 1. The number of hydrogen-bond donors (Lipinski definition) is 1. The van der Waals surface area contributed by atoms with Gasteiger partial charge in [-0.05, 0) is 68.5 Å². The second-order valence-electron chi connectivity index (χ2n) is 9.88. The van der Waals surface area contributed by atoms with Crippen LogP contribution in [0.5, 0.6) is 0 Å². The molecule has 1 saturated carbocycles. The van der Waals surface area contributed by atoms with Crippen LogP contribution in [-0.2, 0) is 16.0 Å². The Morgan fingerprint density at radius 2 is 1.79 bits per heavy atom. The zero-order valence-corrected chi connectivity index (χ0v) is 19.1. The molecule has 4 nitrogen and oxygen atoms in total. The quantitative estimate of drug-likeness (QED) is 0.570. The molecule has 164 valence electrons. The van der Waals surface area contributed by atoms with Crippen LogP contribution in [0.4, 0.5) is 0 Å². The molecule has 1 atom stereocenters. The van der Waals surface area contributed by atoms with Crippen molar-refractivity contribution in [2.24, 2.45) is 5.41 Å². The van der Waals surface area contributed by atoms with Crippen LogP contribution in [0.3, 0.4) is 0 Å². The summed E-state index contributed by atoms with van der Waals surface area (Å²) in [5.41, 5.74) is 2.62. The molecule has 0 saturated heterocycles. The topological polar surface area (TPSA) is 49.8 Å². The molecule has 0 aliphatic heterocycles. The summed E-state index contributed by atoms with van der Waals surface area (Å²) in [4.78, 5) is 14.4. The number of benzene rings is 1. The van der Waals surface area contributed by atoms with E-state index in [9.17, 15) is 9.90 Å². The summed E-state index contributed by atoms with van der Waals surface area (Å²) in [5.74, 6) is -0.151. The van der Waals surface area contributed by atoms with Gasteiger partial charge in [0.15, 0.2) is 0 Å². The summed E-state index contributed by atoms with van der Waals surface area (Å²) in [7, 11) is 2.24. The smallest absolute Gasteiger partial charge is 0.310 e. The molecule has 29 heavy (non-hydrogen) atoms. The SMILES string of the molecule is CCCOC(=O)Cc1ccc(C(CCC(C)(C)C)N(C)C2CCC(O)CC2)cc1. The van der Waals surface area contributed by atoms with Crippen LogP contribution >= 0.6 is 0 Å². The average molecular weight is 404 g/mol. The number of carbonyl (C=O) groups is 1. The Bertz CT molecular complexity index is 612. The van der Waals surface area contributed by atoms with Crippen molar-refractivity contribution in [1.82, 2.24) is 4.90 Å². The number of ether oxygens (including phenoxy) is 1. The van der Waals surface area contributed by atoms with Gasteiger partial charge in [0.05, 0.1) is 19.1 Å². The highest BCUT2D eigenvalue weighted by Gasteiger charge is 2.29. The number of hydrogen-bond acceptors (Lipinski definition) is 4. The van der Waals surface area contributed by atoms with Gasteiger partial charge in [-0.25, -0.2) is 0 Å². The molecule has 1 aliphatic carbocycles. The van der Waals surface area contributed by atoms with Crippen molar-refractivity contribution in [1.29, 1.82) is 0 Å². The monoisotopic (exact) mass is 403 g/mol. The first kappa shape index (κ1) is 23.9. The molecule has 1 fully saturated rings. The van der Waals surface area contributed by atoms with Crippen LogP contribution in [0, 0.1) is 5.41 Å². The molecule has 1 aliphatic rings. The summed E-state index contributed by atoms with van der Waals surface area (Å²) >= 11 is 0. The fraction of sp³-hybridized carbons (Fsp3) is 0.720. The fourth-order valence-corrected chi connectivity index (χ4v) is 4.19. The first-order chi connectivity index (χ1) is 13.7. The molecule has 0 spiro atoms. The van der Waals surface area contributed by atoms with E-state index in [0.717, 1.165) is 50.5 Å². The number of nitrogens with zero attached hydrogens (tertiary/aromatic N) is 1. The number of aliphatic hydroxyl groups is 1. The minimum Gasteiger partial charge on any atom is -0.465 e. The number of aliphatic hydroxyl groups excluding tert-OH is 1. The van der Waals surface area contributed by atoms with Gasteiger partial charge < -0.3 is 9.84 Å². The molecular formula is C25H41NO3. The van der Waals surface area contributed by atoms with E-state index in [1.807, 2.05) is 6.92 Å². The largest absolute Gasteiger partial charge is 0.465 e. The Balaban J connectivity index is 2.09. The van der Waals surface area contributed by atoms with Gasteiger partial charge in [-0.3, -0.25) is 9.69 Å². The second kappa shape index (κ2) is 11.1. The Morgan fingerprint density at radius 3 is 2.34 bits per heavy atom. The standard InChI is InChI=1S/C25H41NO3/c1-6-17-29-24(28)18-19-7-9-20(10-8-19)23(15-16-25(2,3)4)26(5)21-11-13-22(27)14-12-21/h7-10,21-23,27H,6,11-18H2,1-5H3. The van der Waals surface area contributed by atoms with Crippen molar-refractivity contribution in [3.05, 3.63) is 35.4 Å². The first-order valence-corrected chi connectivity index (χ1v) is 11.3. The molecule has 0 bridgehead atoms. The molecule has 1 unspecified atom stereocenters. The zero-order chi connectivity index (χ0) is 21.4. The minimum absolute atomic E-state index is 0.126. The Hall–Kier alpha value is -1.39. The molecule has 0 amide bonds. The highest BCUT2D eigenvalue weighted by Crippen LogP contribution is 2.35. The highest BCUT2D eigenvalue weighted by molar-refractivity contribution is 5.72. The third-order valence-electron chi connectivity index (χ3n) is 6.08. The van der Waals surface area contributed by atoms with Gasteiger partial charge in [0, 0.05) is 12.1 Å². The molecule has 0 heterocycles. The van der Waals surface area contributed by atoms with Crippen molar-refractivity contribution in [3.8, 4) is 0 Å². The number of rotatable bonds is 9. The molecule has 1 N–H and O–H groups in total. The van der Waals surface area contributed by atoms with Crippen LogP contribution in [0.15, 0.2) is 24.3 Å². The predicted molar refractivity (Wildman–Crippen MR) is 119 cm³/mol. The normalized spacial score (nSPS) is 21.2. The van der Waals surface area contributed by atoms with Crippen molar-refractivity contribution in [2.75, 3.05) is 13.7 Å². The molecule has 1 aromatic carbocycles. The molecule has 4 heteroatoms. The van der Waals surface area contributed by atoms with E-state index in [-0.39, 0.29) is 12.1 Å². The van der Waals surface area contributed by atoms with E-state index in [1.54, 1.807) is 0 Å². The maximum atomic E-state index is 11.9. The summed E-state index contributed by atoms with van der Waals surface area (Å²) in [5, 5.41) is 9.87. The Morgan fingerprint density at radius 1 is 1.17 bits per heavy atom. The van der Waals surface area contributed by atoms with Gasteiger partial charge in [0.1, 0.15) is 0 Å². The van der Waals surface area contributed by atoms with Crippen LogP contribution in [-0.4, -0.2) is 41.8 Å². The zero-order valence-electron chi connectivity index (χ0n) is 19.1. The maximum Gasteiger partial charge on any atom is 0.310 e. The van der Waals surface area contributed by atoms with Gasteiger partial charge in [0.25, 0.3) is 0 Å². The second-order valence-corrected chi connectivity index (χ2v) is 9.88. The van der Waals surface area contributed by atoms with E-state index in [4.69, 9.17) is 4.74 Å². The average Bonchev–Trinajstić information content (AvgIpc) is 2.67. The lowest BCUT2D eigenvalue weighted by Gasteiger charge is -2.39. The van der Waals surface area contributed by atoms with E-state index in [2.05, 4.69) is 57.0 Å². The summed E-state index contributed by atoms with van der Waals surface area (Å²) < 4.78 is 5.21. The lowest BCUT2D eigenvalue weighted by Crippen LogP contribution is -2.39. The lowest BCUT2D eigenvalue weighted by molar-refractivity contribution is -0.142. The number of carbonyl (C=O) groups excluding carboxylic acids is 1. The molecule has 0 radical (unpaired) electrons. The first-order valence-electron chi connectivity index (χ1n) is 11.3. The van der Waals surface area contributed by atoms with Crippen LogP contribution < -0.4 is 0 Å². The molecule has 2 rings (SSSR count). The van der Waals surface area contributed by atoms with Crippen molar-refractivity contribution in [3.63, 3.8) is 0 Å². The summed E-state index contributed by atoms with van der Waals surface area (Å²) in [6.07, 6.45) is 7.25. The summed E-state index contributed by atoms with van der Waals surface area (Å²) in [6.45, 7) is 9.39. The Kier molecular flexibility index (Phi) is 9.16. The summed E-state index contributed by atoms with van der Waals surface area (Å²) in [6, 6.07) is 9.40.